The van der Waals surface area contributed by atoms with Crippen molar-refractivity contribution in [3.63, 3.8) is 0 Å². The maximum Gasteiger partial charge on any atom is 0.244 e. The molecule has 0 saturated heterocycles. The Bertz CT molecular complexity index is 1510. The van der Waals surface area contributed by atoms with Gasteiger partial charge in [-0.15, -0.1) is 0 Å². The van der Waals surface area contributed by atoms with Gasteiger partial charge in [0, 0.05) is 24.0 Å². The summed E-state index contributed by atoms with van der Waals surface area (Å²) >= 11 is 6.14. The highest BCUT2D eigenvalue weighted by molar-refractivity contribution is 7.92. The molecule has 0 aliphatic heterocycles. The number of carbonyl (C=O) groups excluding carboxylic acids is 2. The molecule has 1 fully saturated rings. The molecular weight excluding hydrogens is 586 g/mol. The average Bonchev–Trinajstić information content (AvgIpc) is 2.98. The molecule has 8 nitrogen and oxygen atoms in total. The van der Waals surface area contributed by atoms with E-state index in [0.29, 0.717) is 22.0 Å². The first kappa shape index (κ1) is 32.4. The van der Waals surface area contributed by atoms with Gasteiger partial charge in [-0.1, -0.05) is 73.3 Å². The van der Waals surface area contributed by atoms with Crippen LogP contribution in [-0.4, -0.2) is 57.1 Å². The van der Waals surface area contributed by atoms with Crippen LogP contribution in [0.5, 0.6) is 5.75 Å². The number of carbonyl (C=O) groups is 2. The number of anilines is 1. The molecule has 230 valence electrons. The molecule has 1 aliphatic carbocycles. The van der Waals surface area contributed by atoms with E-state index >= 15 is 0 Å². The van der Waals surface area contributed by atoms with Crippen molar-refractivity contribution in [2.45, 2.75) is 64.1 Å². The van der Waals surface area contributed by atoms with Crippen molar-refractivity contribution < 1.29 is 22.7 Å². The number of hydrogen-bond acceptors (Lipinski definition) is 5. The Balaban J connectivity index is 1.75. The van der Waals surface area contributed by atoms with E-state index in [0.717, 1.165) is 53.8 Å². The molecule has 3 aromatic rings. The van der Waals surface area contributed by atoms with Crippen molar-refractivity contribution in [2.24, 2.45) is 0 Å². The number of halogens is 1. The Kier molecular flexibility index (Phi) is 11.1. The summed E-state index contributed by atoms with van der Waals surface area (Å²) in [6, 6.07) is 20.9. The lowest BCUT2D eigenvalue weighted by molar-refractivity contribution is -0.140. The third-order valence-corrected chi connectivity index (χ3v) is 9.18. The fraction of sp³-hybridized carbons (Fsp3) is 0.394. The third-order valence-electron chi connectivity index (χ3n) is 7.82. The molecular formula is C33H40ClN3O5S. The molecule has 0 heterocycles. The van der Waals surface area contributed by atoms with Crippen LogP contribution in [0.15, 0.2) is 72.8 Å². The van der Waals surface area contributed by atoms with Crippen LogP contribution in [0.2, 0.25) is 5.02 Å². The highest BCUT2D eigenvalue weighted by Crippen LogP contribution is 2.27. The predicted molar refractivity (Wildman–Crippen MR) is 171 cm³/mol. The molecule has 1 saturated carbocycles. The molecule has 0 spiro atoms. The molecule has 1 atom stereocenters. The van der Waals surface area contributed by atoms with Gasteiger partial charge in [-0.2, -0.15) is 0 Å². The van der Waals surface area contributed by atoms with Gasteiger partial charge in [-0.05, 0) is 66.8 Å². The van der Waals surface area contributed by atoms with E-state index in [1.54, 1.807) is 32.2 Å². The molecule has 2 amide bonds. The number of nitrogens with one attached hydrogen (secondary N) is 1. The molecule has 0 bridgehead atoms. The van der Waals surface area contributed by atoms with E-state index in [2.05, 4.69) is 5.32 Å². The van der Waals surface area contributed by atoms with Crippen LogP contribution >= 0.6 is 11.6 Å². The Labute approximate surface area is 260 Å². The van der Waals surface area contributed by atoms with Crippen LogP contribution < -0.4 is 14.4 Å². The van der Waals surface area contributed by atoms with Crippen LogP contribution in [0.4, 0.5) is 5.69 Å². The van der Waals surface area contributed by atoms with Gasteiger partial charge in [0.25, 0.3) is 0 Å². The molecule has 4 rings (SSSR count). The minimum Gasteiger partial charge on any atom is -0.497 e. The molecule has 43 heavy (non-hydrogen) atoms. The van der Waals surface area contributed by atoms with Crippen molar-refractivity contribution in [1.82, 2.24) is 10.2 Å². The quantitative estimate of drug-likeness (QED) is 0.286. The van der Waals surface area contributed by atoms with Crippen LogP contribution in [-0.2, 0) is 32.6 Å². The number of hydrogen-bond donors (Lipinski definition) is 1. The molecule has 1 aliphatic rings. The molecule has 1 unspecified atom stereocenters. The summed E-state index contributed by atoms with van der Waals surface area (Å²) in [5.41, 5.74) is 2.61. The van der Waals surface area contributed by atoms with Crippen molar-refractivity contribution in [3.05, 3.63) is 94.5 Å². The predicted octanol–water partition coefficient (Wildman–Crippen LogP) is 5.51. The molecule has 10 heteroatoms. The van der Waals surface area contributed by atoms with Crippen molar-refractivity contribution in [1.29, 1.82) is 0 Å². The van der Waals surface area contributed by atoms with Crippen LogP contribution in [0, 0.1) is 6.92 Å². The molecule has 3 aromatic carbocycles. The average molecular weight is 626 g/mol. The number of ether oxygens (including phenoxy) is 1. The smallest absolute Gasteiger partial charge is 0.244 e. The Hall–Kier alpha value is -3.56. The number of methoxy groups -OCH3 is 1. The second kappa shape index (κ2) is 14.8. The van der Waals surface area contributed by atoms with E-state index < -0.39 is 28.5 Å². The zero-order valence-corrected chi connectivity index (χ0v) is 26.5. The number of aryl methyl sites for hydroxylation is 1. The normalized spacial score (nSPS) is 14.5. The second-order valence-corrected chi connectivity index (χ2v) is 13.5. The highest BCUT2D eigenvalue weighted by atomic mass is 35.5. The van der Waals surface area contributed by atoms with Crippen molar-refractivity contribution in [2.75, 3.05) is 24.2 Å². The molecule has 0 aromatic heterocycles. The highest BCUT2D eigenvalue weighted by Gasteiger charge is 2.34. The van der Waals surface area contributed by atoms with Crippen molar-refractivity contribution in [3.8, 4) is 5.75 Å². The van der Waals surface area contributed by atoms with Gasteiger partial charge >= 0.3 is 0 Å². The first-order valence-electron chi connectivity index (χ1n) is 14.6. The first-order chi connectivity index (χ1) is 20.5. The number of sulfonamides is 1. The van der Waals surface area contributed by atoms with Gasteiger partial charge in [0.2, 0.25) is 21.8 Å². The van der Waals surface area contributed by atoms with Gasteiger partial charge in [0.15, 0.2) is 0 Å². The number of nitrogens with zero attached hydrogens (tertiary/aromatic N) is 2. The monoisotopic (exact) mass is 625 g/mol. The summed E-state index contributed by atoms with van der Waals surface area (Å²) in [6.45, 7) is 1.35. The summed E-state index contributed by atoms with van der Waals surface area (Å²) < 4.78 is 32.6. The van der Waals surface area contributed by atoms with Gasteiger partial charge in [-0.25, -0.2) is 8.42 Å². The lowest BCUT2D eigenvalue weighted by atomic mass is 9.94. The minimum atomic E-state index is -3.87. The maximum absolute atomic E-state index is 14.3. The van der Waals surface area contributed by atoms with Crippen LogP contribution in [0.3, 0.4) is 0 Å². The van der Waals surface area contributed by atoms with Gasteiger partial charge in [0.05, 0.1) is 19.1 Å². The standard InChI is InChI=1S/C33H40ClN3O5S/c1-24-19-27(34)17-18-30(24)37(43(3,40)41)23-32(38)36(22-26-13-10-16-29(20-26)42-2)31(21-25-11-6-4-7-12-25)33(39)35-28-14-8-5-9-15-28/h4,6-7,10-13,16-20,28,31H,5,8-9,14-15,21-23H2,1-3H3,(H,35,39). The molecule has 0 radical (unpaired) electrons. The third kappa shape index (κ3) is 8.97. The fourth-order valence-corrected chi connectivity index (χ4v) is 6.69. The minimum absolute atomic E-state index is 0.0394. The summed E-state index contributed by atoms with van der Waals surface area (Å²) in [5.74, 6) is -0.131. The zero-order valence-electron chi connectivity index (χ0n) is 25.0. The fourth-order valence-electron chi connectivity index (χ4n) is 5.56. The summed E-state index contributed by atoms with van der Waals surface area (Å²) in [7, 11) is -2.30. The van der Waals surface area contributed by atoms with E-state index in [1.807, 2.05) is 54.6 Å². The number of rotatable bonds is 12. The Morgan fingerprint density at radius 2 is 1.67 bits per heavy atom. The SMILES string of the molecule is COc1cccc(CN(C(=O)CN(c2ccc(Cl)cc2C)S(C)(=O)=O)C(Cc2ccccc2)C(=O)NC2CCCCC2)c1. The lowest BCUT2D eigenvalue weighted by Gasteiger charge is -2.35. The number of benzene rings is 3. The summed E-state index contributed by atoms with van der Waals surface area (Å²) in [4.78, 5) is 29.9. The van der Waals surface area contributed by atoms with Gasteiger partial charge in [-0.3, -0.25) is 13.9 Å². The number of amides is 2. The van der Waals surface area contributed by atoms with Crippen LogP contribution in [0.1, 0.15) is 48.8 Å². The first-order valence-corrected chi connectivity index (χ1v) is 16.8. The van der Waals surface area contributed by atoms with E-state index in [-0.39, 0.29) is 24.9 Å². The van der Waals surface area contributed by atoms with Gasteiger partial charge in [0.1, 0.15) is 18.3 Å². The Morgan fingerprint density at radius 1 is 0.977 bits per heavy atom. The van der Waals surface area contributed by atoms with Crippen LogP contribution in [0.25, 0.3) is 0 Å². The topological polar surface area (TPSA) is 96.0 Å². The summed E-state index contributed by atoms with van der Waals surface area (Å²) in [6.07, 6.45) is 6.36. The van der Waals surface area contributed by atoms with Gasteiger partial charge < -0.3 is 15.0 Å². The largest absolute Gasteiger partial charge is 0.497 e. The summed E-state index contributed by atoms with van der Waals surface area (Å²) in [5, 5.41) is 3.67. The Morgan fingerprint density at radius 3 is 2.33 bits per heavy atom. The van der Waals surface area contributed by atoms with E-state index in [4.69, 9.17) is 16.3 Å². The van der Waals surface area contributed by atoms with Crippen molar-refractivity contribution >= 4 is 39.1 Å². The molecule has 1 N–H and O–H groups in total. The zero-order chi connectivity index (χ0) is 31.0. The lowest BCUT2D eigenvalue weighted by Crippen LogP contribution is -2.55. The van der Waals surface area contributed by atoms with E-state index in [9.17, 15) is 18.0 Å². The second-order valence-electron chi connectivity index (χ2n) is 11.1. The maximum atomic E-state index is 14.3. The van der Waals surface area contributed by atoms with E-state index in [1.165, 1.54) is 4.90 Å².